The molecular formula is C18H16N2OS. The minimum absolute atomic E-state index is 0.104. The van der Waals surface area contributed by atoms with Crippen LogP contribution < -0.4 is 5.32 Å². The van der Waals surface area contributed by atoms with Crippen LogP contribution in [0.3, 0.4) is 0 Å². The number of benzene rings is 1. The van der Waals surface area contributed by atoms with Crippen molar-refractivity contribution in [2.75, 3.05) is 5.32 Å². The highest BCUT2D eigenvalue weighted by atomic mass is 32.1. The van der Waals surface area contributed by atoms with Crippen molar-refractivity contribution in [2.24, 2.45) is 0 Å². The third-order valence-corrected chi connectivity index (χ3v) is 4.67. The largest absolute Gasteiger partial charge is 0.320 e. The number of hydrogen-bond acceptors (Lipinski definition) is 3. The van der Waals surface area contributed by atoms with Crippen molar-refractivity contribution in [3.63, 3.8) is 0 Å². The summed E-state index contributed by atoms with van der Waals surface area (Å²) in [5.74, 6) is -0.104. The number of pyridine rings is 1. The standard InChI is InChI=1S/C18H16N2OS/c1-12-5-6-14(10-13(12)2)16-7-8-17(22-16)18(21)20-15-4-3-9-19-11-15/h3-11H,1-2H3,(H,20,21). The second-order valence-electron chi connectivity index (χ2n) is 5.16. The van der Waals surface area contributed by atoms with Crippen LogP contribution in [0.1, 0.15) is 20.8 Å². The number of carbonyl (C=O) groups is 1. The number of aromatic nitrogens is 1. The van der Waals surface area contributed by atoms with Crippen LogP contribution in [0.15, 0.2) is 54.9 Å². The smallest absolute Gasteiger partial charge is 0.265 e. The van der Waals surface area contributed by atoms with E-state index in [1.54, 1.807) is 18.5 Å². The molecule has 22 heavy (non-hydrogen) atoms. The zero-order valence-corrected chi connectivity index (χ0v) is 13.3. The summed E-state index contributed by atoms with van der Waals surface area (Å²) >= 11 is 1.50. The summed E-state index contributed by atoms with van der Waals surface area (Å²) in [5.41, 5.74) is 4.38. The number of anilines is 1. The van der Waals surface area contributed by atoms with Crippen LogP contribution in [0.2, 0.25) is 0 Å². The van der Waals surface area contributed by atoms with Crippen LogP contribution >= 0.6 is 11.3 Å². The molecule has 2 aromatic heterocycles. The van der Waals surface area contributed by atoms with Crippen LogP contribution in [-0.2, 0) is 0 Å². The number of rotatable bonds is 3. The van der Waals surface area contributed by atoms with Crippen molar-refractivity contribution < 1.29 is 4.79 Å². The molecule has 0 unspecified atom stereocenters. The third kappa shape index (κ3) is 3.07. The average molecular weight is 308 g/mol. The van der Waals surface area contributed by atoms with E-state index in [1.807, 2.05) is 18.2 Å². The van der Waals surface area contributed by atoms with Gasteiger partial charge >= 0.3 is 0 Å². The van der Waals surface area contributed by atoms with Gasteiger partial charge in [-0.2, -0.15) is 0 Å². The molecule has 0 saturated heterocycles. The van der Waals surface area contributed by atoms with E-state index in [0.717, 1.165) is 10.4 Å². The molecule has 0 aliphatic heterocycles. The van der Waals surface area contributed by atoms with E-state index in [9.17, 15) is 4.79 Å². The zero-order valence-electron chi connectivity index (χ0n) is 12.5. The fourth-order valence-electron chi connectivity index (χ4n) is 2.14. The van der Waals surface area contributed by atoms with Crippen molar-refractivity contribution >= 4 is 22.9 Å². The third-order valence-electron chi connectivity index (χ3n) is 3.54. The molecule has 1 N–H and O–H groups in total. The lowest BCUT2D eigenvalue weighted by Gasteiger charge is -2.03. The molecule has 110 valence electrons. The first kappa shape index (κ1) is 14.5. The molecule has 4 heteroatoms. The summed E-state index contributed by atoms with van der Waals surface area (Å²) in [6.45, 7) is 4.20. The van der Waals surface area contributed by atoms with Gasteiger partial charge < -0.3 is 5.32 Å². The van der Waals surface area contributed by atoms with E-state index in [0.29, 0.717) is 10.6 Å². The number of carbonyl (C=O) groups excluding carboxylic acids is 1. The zero-order chi connectivity index (χ0) is 15.5. The molecule has 0 saturated carbocycles. The number of hydrogen-bond donors (Lipinski definition) is 1. The van der Waals surface area contributed by atoms with Gasteiger partial charge in [0, 0.05) is 11.1 Å². The molecule has 0 aliphatic rings. The fraction of sp³-hybridized carbons (Fsp3) is 0.111. The van der Waals surface area contributed by atoms with Gasteiger partial charge in [0.15, 0.2) is 0 Å². The molecule has 1 amide bonds. The number of nitrogens with one attached hydrogen (secondary N) is 1. The minimum Gasteiger partial charge on any atom is -0.320 e. The summed E-state index contributed by atoms with van der Waals surface area (Å²) in [7, 11) is 0. The predicted octanol–water partition coefficient (Wildman–Crippen LogP) is 4.68. The van der Waals surface area contributed by atoms with Crippen molar-refractivity contribution in [1.82, 2.24) is 4.98 Å². The highest BCUT2D eigenvalue weighted by Gasteiger charge is 2.11. The molecule has 0 spiro atoms. The van der Waals surface area contributed by atoms with Crippen molar-refractivity contribution in [2.45, 2.75) is 13.8 Å². The molecule has 0 aliphatic carbocycles. The van der Waals surface area contributed by atoms with E-state index >= 15 is 0 Å². The van der Waals surface area contributed by atoms with Crippen molar-refractivity contribution in [3.05, 3.63) is 70.9 Å². The van der Waals surface area contributed by atoms with E-state index in [1.165, 1.54) is 22.5 Å². The lowest BCUT2D eigenvalue weighted by molar-refractivity contribution is 0.103. The van der Waals surface area contributed by atoms with Crippen LogP contribution in [0, 0.1) is 13.8 Å². The molecule has 0 fully saturated rings. The molecule has 1 aromatic carbocycles. The lowest BCUT2D eigenvalue weighted by atomic mass is 10.1. The Bertz CT molecular complexity index is 809. The summed E-state index contributed by atoms with van der Waals surface area (Å²) in [6.07, 6.45) is 3.31. The molecule has 0 bridgehead atoms. The quantitative estimate of drug-likeness (QED) is 0.763. The maximum Gasteiger partial charge on any atom is 0.265 e. The minimum atomic E-state index is -0.104. The average Bonchev–Trinajstić information content (AvgIpc) is 3.01. The maximum absolute atomic E-state index is 12.3. The summed E-state index contributed by atoms with van der Waals surface area (Å²) in [4.78, 5) is 18.0. The molecule has 0 radical (unpaired) electrons. The Hall–Kier alpha value is -2.46. The first-order valence-corrected chi connectivity index (χ1v) is 7.84. The SMILES string of the molecule is Cc1ccc(-c2ccc(C(=O)Nc3cccnc3)s2)cc1C. The van der Waals surface area contributed by atoms with Gasteiger partial charge in [0.2, 0.25) is 0 Å². The first-order chi connectivity index (χ1) is 10.6. The Morgan fingerprint density at radius 3 is 2.68 bits per heavy atom. The Kier molecular flexibility index (Phi) is 4.02. The molecule has 3 aromatic rings. The highest BCUT2D eigenvalue weighted by molar-refractivity contribution is 7.17. The number of nitrogens with zero attached hydrogens (tertiary/aromatic N) is 1. The van der Waals surface area contributed by atoms with Gasteiger partial charge in [0.05, 0.1) is 16.8 Å². The van der Waals surface area contributed by atoms with Gasteiger partial charge in [0.1, 0.15) is 0 Å². The molecule has 3 rings (SSSR count). The Balaban J connectivity index is 1.81. The molecule has 0 atom stereocenters. The molecule has 3 nitrogen and oxygen atoms in total. The monoisotopic (exact) mass is 308 g/mol. The molecular weight excluding hydrogens is 292 g/mol. The number of thiophene rings is 1. The van der Waals surface area contributed by atoms with Gasteiger partial charge in [-0.1, -0.05) is 18.2 Å². The Labute approximate surface area is 133 Å². The second kappa shape index (κ2) is 6.12. The second-order valence-corrected chi connectivity index (χ2v) is 6.24. The summed E-state index contributed by atoms with van der Waals surface area (Å²) < 4.78 is 0. The topological polar surface area (TPSA) is 42.0 Å². The first-order valence-electron chi connectivity index (χ1n) is 7.02. The summed E-state index contributed by atoms with van der Waals surface area (Å²) in [6, 6.07) is 13.8. The lowest BCUT2D eigenvalue weighted by Crippen LogP contribution is -2.09. The van der Waals surface area contributed by atoms with E-state index in [-0.39, 0.29) is 5.91 Å². The molecule has 2 heterocycles. The van der Waals surface area contributed by atoms with Crippen molar-refractivity contribution in [1.29, 1.82) is 0 Å². The summed E-state index contributed by atoms with van der Waals surface area (Å²) in [5, 5.41) is 2.85. The highest BCUT2D eigenvalue weighted by Crippen LogP contribution is 2.29. The van der Waals surface area contributed by atoms with Crippen LogP contribution in [0.25, 0.3) is 10.4 Å². The van der Waals surface area contributed by atoms with Crippen LogP contribution in [0.5, 0.6) is 0 Å². The van der Waals surface area contributed by atoms with Crippen LogP contribution in [0.4, 0.5) is 5.69 Å². The fourth-order valence-corrected chi connectivity index (χ4v) is 3.04. The normalized spacial score (nSPS) is 10.5. The van der Waals surface area contributed by atoms with E-state index < -0.39 is 0 Å². The van der Waals surface area contributed by atoms with Gasteiger partial charge in [-0.25, -0.2) is 0 Å². The predicted molar refractivity (Wildman–Crippen MR) is 91.4 cm³/mol. The maximum atomic E-state index is 12.3. The van der Waals surface area contributed by atoms with Gasteiger partial charge in [0.25, 0.3) is 5.91 Å². The number of aryl methyl sites for hydroxylation is 2. The van der Waals surface area contributed by atoms with E-state index in [4.69, 9.17) is 0 Å². The van der Waals surface area contributed by atoms with Gasteiger partial charge in [-0.3, -0.25) is 9.78 Å². The van der Waals surface area contributed by atoms with Gasteiger partial charge in [-0.05, 0) is 54.8 Å². The van der Waals surface area contributed by atoms with E-state index in [2.05, 4.69) is 42.3 Å². The Morgan fingerprint density at radius 2 is 1.95 bits per heavy atom. The van der Waals surface area contributed by atoms with Crippen molar-refractivity contribution in [3.8, 4) is 10.4 Å². The van der Waals surface area contributed by atoms with Crippen LogP contribution in [-0.4, -0.2) is 10.9 Å². The number of amides is 1. The van der Waals surface area contributed by atoms with Gasteiger partial charge in [-0.15, -0.1) is 11.3 Å². The Morgan fingerprint density at radius 1 is 1.09 bits per heavy atom.